The lowest BCUT2D eigenvalue weighted by atomic mass is 9.99. The first-order valence-electron chi connectivity index (χ1n) is 5.43. The lowest BCUT2D eigenvalue weighted by molar-refractivity contribution is 0.209. The summed E-state index contributed by atoms with van der Waals surface area (Å²) in [5.41, 5.74) is 3.65. The van der Waals surface area contributed by atoms with Crippen molar-refractivity contribution in [3.05, 3.63) is 51.8 Å². The van der Waals surface area contributed by atoms with Gasteiger partial charge in [0.05, 0.1) is 16.9 Å². The van der Waals surface area contributed by atoms with Gasteiger partial charge >= 0.3 is 0 Å². The van der Waals surface area contributed by atoms with Crippen LogP contribution in [0.4, 0.5) is 0 Å². The second kappa shape index (κ2) is 4.51. The van der Waals surface area contributed by atoms with Crippen LogP contribution < -0.4 is 0 Å². The average Bonchev–Trinajstić information content (AvgIpc) is 2.61. The minimum absolute atomic E-state index is 0.487. The third kappa shape index (κ3) is 2.21. The van der Waals surface area contributed by atoms with Gasteiger partial charge in [0.2, 0.25) is 0 Å². The van der Waals surface area contributed by atoms with Crippen LogP contribution in [-0.4, -0.2) is 14.9 Å². The molecule has 0 radical (unpaired) electrons. The van der Waals surface area contributed by atoms with Crippen LogP contribution in [0.15, 0.2) is 24.4 Å². The van der Waals surface area contributed by atoms with E-state index in [1.165, 1.54) is 0 Å². The van der Waals surface area contributed by atoms with E-state index in [9.17, 15) is 5.11 Å². The number of rotatable bonds is 2. The molecule has 0 aliphatic heterocycles. The van der Waals surface area contributed by atoms with Crippen molar-refractivity contribution in [2.24, 2.45) is 7.05 Å². The molecule has 0 aliphatic carbocycles. The molecule has 2 aromatic rings. The van der Waals surface area contributed by atoms with Crippen LogP contribution in [-0.2, 0) is 7.05 Å². The molecule has 0 fully saturated rings. The van der Waals surface area contributed by atoms with Crippen LogP contribution >= 0.6 is 11.6 Å². The van der Waals surface area contributed by atoms with Crippen molar-refractivity contribution in [3.8, 4) is 0 Å². The summed E-state index contributed by atoms with van der Waals surface area (Å²) in [6, 6.07) is 6.00. The van der Waals surface area contributed by atoms with Gasteiger partial charge in [-0.15, -0.1) is 0 Å². The van der Waals surface area contributed by atoms with Gasteiger partial charge in [0, 0.05) is 7.05 Å². The molecule has 1 aromatic carbocycles. The van der Waals surface area contributed by atoms with Crippen molar-refractivity contribution in [1.29, 1.82) is 0 Å². The Morgan fingerprint density at radius 1 is 1.35 bits per heavy atom. The molecule has 1 unspecified atom stereocenters. The second-order valence-electron chi connectivity index (χ2n) is 4.26. The molecular formula is C13H15ClN2O. The number of hydrogen-bond donors (Lipinski definition) is 1. The molecule has 4 heteroatoms. The summed E-state index contributed by atoms with van der Waals surface area (Å²) in [4.78, 5) is 0. The molecule has 1 heterocycles. The van der Waals surface area contributed by atoms with E-state index in [0.29, 0.717) is 10.7 Å². The van der Waals surface area contributed by atoms with Crippen molar-refractivity contribution in [2.45, 2.75) is 20.0 Å². The van der Waals surface area contributed by atoms with Gasteiger partial charge in [-0.25, -0.2) is 0 Å². The lowest BCUT2D eigenvalue weighted by Gasteiger charge is -2.15. The van der Waals surface area contributed by atoms with Gasteiger partial charge in [-0.05, 0) is 25.0 Å². The van der Waals surface area contributed by atoms with Crippen molar-refractivity contribution >= 4 is 11.6 Å². The number of halogens is 1. The van der Waals surface area contributed by atoms with Gasteiger partial charge < -0.3 is 5.11 Å². The summed E-state index contributed by atoms with van der Waals surface area (Å²) in [7, 11) is 1.77. The molecule has 1 atom stereocenters. The molecule has 2 rings (SSSR count). The highest BCUT2D eigenvalue weighted by atomic mass is 35.5. The molecule has 0 aliphatic rings. The Bertz CT molecular complexity index is 529. The molecule has 0 amide bonds. The Morgan fingerprint density at radius 2 is 2.06 bits per heavy atom. The smallest absolute Gasteiger partial charge is 0.122 e. The van der Waals surface area contributed by atoms with Crippen LogP contribution in [0.25, 0.3) is 0 Å². The first kappa shape index (κ1) is 12.1. The maximum atomic E-state index is 10.4. The fraction of sp³-hybridized carbons (Fsp3) is 0.308. The van der Waals surface area contributed by atoms with Crippen LogP contribution in [0.5, 0.6) is 0 Å². The Labute approximate surface area is 106 Å². The number of aliphatic hydroxyl groups is 1. The second-order valence-corrected chi connectivity index (χ2v) is 4.67. The summed E-state index contributed by atoms with van der Waals surface area (Å²) in [6.45, 7) is 3.97. The number of aromatic nitrogens is 2. The van der Waals surface area contributed by atoms with Gasteiger partial charge in [0.25, 0.3) is 0 Å². The fourth-order valence-corrected chi connectivity index (χ4v) is 2.20. The zero-order valence-electron chi connectivity index (χ0n) is 10.1. The minimum atomic E-state index is -0.741. The van der Waals surface area contributed by atoms with Crippen LogP contribution in [0.2, 0.25) is 5.02 Å². The summed E-state index contributed by atoms with van der Waals surface area (Å²) in [5.74, 6) is 0. The Kier molecular flexibility index (Phi) is 3.22. The van der Waals surface area contributed by atoms with Crippen LogP contribution in [0, 0.1) is 13.8 Å². The van der Waals surface area contributed by atoms with E-state index >= 15 is 0 Å². The first-order chi connectivity index (χ1) is 8.00. The first-order valence-corrected chi connectivity index (χ1v) is 5.81. The summed E-state index contributed by atoms with van der Waals surface area (Å²) >= 11 is 6.04. The minimum Gasteiger partial charge on any atom is -0.382 e. The molecule has 0 saturated heterocycles. The van der Waals surface area contributed by atoms with Crippen molar-refractivity contribution in [1.82, 2.24) is 9.78 Å². The zero-order valence-corrected chi connectivity index (χ0v) is 10.9. The van der Waals surface area contributed by atoms with E-state index in [4.69, 9.17) is 11.6 Å². The highest BCUT2D eigenvalue weighted by Gasteiger charge is 2.19. The standard InChI is InChI=1S/C13H15ClN2O/c1-8-4-5-9(2)10(6-8)13(17)12-11(14)7-15-16(12)3/h4-7,13,17H,1-3H3. The van der Waals surface area contributed by atoms with Crippen molar-refractivity contribution in [3.63, 3.8) is 0 Å². The highest BCUT2D eigenvalue weighted by Crippen LogP contribution is 2.29. The summed E-state index contributed by atoms with van der Waals surface area (Å²) < 4.78 is 1.61. The summed E-state index contributed by atoms with van der Waals surface area (Å²) in [5, 5.41) is 14.9. The molecule has 17 heavy (non-hydrogen) atoms. The largest absolute Gasteiger partial charge is 0.382 e. The molecule has 0 saturated carbocycles. The predicted octanol–water partition coefficient (Wildman–Crippen LogP) is 2.77. The molecule has 3 nitrogen and oxygen atoms in total. The third-order valence-electron chi connectivity index (χ3n) is 2.93. The fourth-order valence-electron chi connectivity index (χ4n) is 1.93. The lowest BCUT2D eigenvalue weighted by Crippen LogP contribution is -2.08. The van der Waals surface area contributed by atoms with Crippen molar-refractivity contribution in [2.75, 3.05) is 0 Å². The number of aryl methyl sites for hydroxylation is 3. The quantitative estimate of drug-likeness (QED) is 0.890. The maximum absolute atomic E-state index is 10.4. The molecule has 1 N–H and O–H groups in total. The van der Waals surface area contributed by atoms with E-state index in [1.807, 2.05) is 32.0 Å². The van der Waals surface area contributed by atoms with Gasteiger partial charge in [0.15, 0.2) is 0 Å². The predicted molar refractivity (Wildman–Crippen MR) is 68.2 cm³/mol. The molecule has 0 spiro atoms. The molecule has 90 valence electrons. The van der Waals surface area contributed by atoms with Crippen LogP contribution in [0.3, 0.4) is 0 Å². The van der Waals surface area contributed by atoms with E-state index in [2.05, 4.69) is 5.10 Å². The van der Waals surface area contributed by atoms with Gasteiger partial charge in [-0.1, -0.05) is 35.4 Å². The monoisotopic (exact) mass is 250 g/mol. The van der Waals surface area contributed by atoms with Gasteiger partial charge in [-0.3, -0.25) is 4.68 Å². The average molecular weight is 251 g/mol. The molecule has 0 bridgehead atoms. The number of hydrogen-bond acceptors (Lipinski definition) is 2. The maximum Gasteiger partial charge on any atom is 0.122 e. The Balaban J connectivity index is 2.50. The Hall–Kier alpha value is -1.32. The SMILES string of the molecule is Cc1ccc(C)c(C(O)c2c(Cl)cnn2C)c1. The van der Waals surface area contributed by atoms with Gasteiger partial charge in [0.1, 0.15) is 6.10 Å². The number of nitrogens with zero attached hydrogens (tertiary/aromatic N) is 2. The van der Waals surface area contributed by atoms with Gasteiger partial charge in [-0.2, -0.15) is 5.10 Å². The number of benzene rings is 1. The Morgan fingerprint density at radius 3 is 2.65 bits per heavy atom. The number of aliphatic hydroxyl groups excluding tert-OH is 1. The van der Waals surface area contributed by atoms with Crippen LogP contribution in [0.1, 0.15) is 28.5 Å². The third-order valence-corrected chi connectivity index (χ3v) is 3.22. The van der Waals surface area contributed by atoms with E-state index in [1.54, 1.807) is 17.9 Å². The molecule has 1 aromatic heterocycles. The zero-order chi connectivity index (χ0) is 12.6. The van der Waals surface area contributed by atoms with E-state index < -0.39 is 6.10 Å². The highest BCUT2D eigenvalue weighted by molar-refractivity contribution is 6.31. The normalized spacial score (nSPS) is 12.8. The molecular weight excluding hydrogens is 236 g/mol. The van der Waals surface area contributed by atoms with E-state index in [0.717, 1.165) is 16.7 Å². The topological polar surface area (TPSA) is 38.1 Å². The van der Waals surface area contributed by atoms with E-state index in [-0.39, 0.29) is 0 Å². The van der Waals surface area contributed by atoms with Crippen molar-refractivity contribution < 1.29 is 5.11 Å². The summed E-state index contributed by atoms with van der Waals surface area (Å²) in [6.07, 6.45) is 0.806.